The molecule has 2 fully saturated rings. The van der Waals surface area contributed by atoms with Crippen LogP contribution in [-0.2, 0) is 83.5 Å². The fourth-order valence-electron chi connectivity index (χ4n) is 12.0. The predicted molar refractivity (Wildman–Crippen MR) is 369 cm³/mol. The maximum Gasteiger partial charge on any atom is 0.416 e. The van der Waals surface area contributed by atoms with E-state index in [9.17, 15) is 107 Å². The smallest absolute Gasteiger partial charge is 0.416 e. The van der Waals surface area contributed by atoms with Crippen molar-refractivity contribution in [1.82, 2.24) is 10.2 Å². The Labute approximate surface area is 630 Å². The number of alkyl carbamates (subject to hydrolysis) is 1. The highest BCUT2D eigenvalue weighted by Gasteiger charge is 2.45. The zero-order chi connectivity index (χ0) is 82.2. The predicted octanol–water partition coefficient (Wildman–Crippen LogP) is 22.8. The second kappa shape index (κ2) is 32.6. The molecule has 0 saturated carbocycles. The lowest BCUT2D eigenvalue weighted by molar-refractivity contribution is -0.144. The first-order valence-corrected chi connectivity index (χ1v) is 34.5. The molecule has 2 saturated heterocycles. The monoisotopic (exact) mass is 1630 g/mol. The van der Waals surface area contributed by atoms with Gasteiger partial charge < -0.3 is 24.3 Å². The summed E-state index contributed by atoms with van der Waals surface area (Å²) in [6.07, 6.45) is -34.6. The van der Waals surface area contributed by atoms with Crippen LogP contribution in [0.15, 0.2) is 175 Å². The summed E-state index contributed by atoms with van der Waals surface area (Å²) in [5.74, 6) is -1.04. The Morgan fingerprint density at radius 1 is 0.450 bits per heavy atom. The summed E-state index contributed by atoms with van der Waals surface area (Å²) in [5, 5.41) is 2.63. The third-order valence-corrected chi connectivity index (χ3v) is 19.6. The van der Waals surface area contributed by atoms with Gasteiger partial charge in [-0.15, -0.1) is 0 Å². The van der Waals surface area contributed by atoms with Crippen LogP contribution in [0.3, 0.4) is 0 Å². The summed E-state index contributed by atoms with van der Waals surface area (Å²) >= 11 is 13.1. The van der Waals surface area contributed by atoms with Gasteiger partial charge in [-0.05, 0) is 223 Å². The molecule has 13 nitrogen and oxygen atoms in total. The number of cyclic esters (lactones) is 2. The fourth-order valence-corrected chi connectivity index (χ4v) is 13.3. The Morgan fingerprint density at radius 3 is 1.22 bits per heavy atom. The van der Waals surface area contributed by atoms with Crippen LogP contribution in [0.25, 0.3) is 44.5 Å². The number of nitrogens with one attached hydrogen (secondary N) is 1. The van der Waals surface area contributed by atoms with Crippen molar-refractivity contribution < 1.29 is 130 Å². The number of methoxy groups -OCH3 is 2. The summed E-state index contributed by atoms with van der Waals surface area (Å²) in [6, 6.07) is 31.3. The van der Waals surface area contributed by atoms with Gasteiger partial charge in [0.2, 0.25) is 0 Å². The number of ether oxygens (including phenoxy) is 4. The molecule has 9 aromatic rings. The zero-order valence-electron chi connectivity index (χ0n) is 58.3. The second-order valence-corrected chi connectivity index (χ2v) is 27.7. The van der Waals surface area contributed by atoms with Crippen molar-refractivity contribution in [2.24, 2.45) is 0 Å². The van der Waals surface area contributed by atoms with Gasteiger partial charge in [0.15, 0.2) is 0 Å². The van der Waals surface area contributed by atoms with Crippen molar-refractivity contribution >= 4 is 57.4 Å². The molecule has 2 amide bonds. The van der Waals surface area contributed by atoms with Crippen LogP contribution in [0.1, 0.15) is 119 Å². The van der Waals surface area contributed by atoms with Crippen LogP contribution in [-0.4, -0.2) is 63.7 Å². The van der Waals surface area contributed by atoms with E-state index in [4.69, 9.17) is 46.3 Å². The summed E-state index contributed by atoms with van der Waals surface area (Å²) < 4.78 is 290. The number of aryl methyl sites for hydroxylation is 3. The van der Waals surface area contributed by atoms with Crippen molar-refractivity contribution in [3.05, 3.63) is 263 Å². The molecule has 9 aromatic carbocycles. The highest BCUT2D eigenvalue weighted by molar-refractivity contribution is 7.86. The lowest BCUT2D eigenvalue weighted by Crippen LogP contribution is -2.32. The average molecular weight is 1630 g/mol. The number of alkyl halides is 18. The fraction of sp³-hybridized carbons (Fsp3) is 0.247. The summed E-state index contributed by atoms with van der Waals surface area (Å²) in [5.41, 5.74) is -2.52. The van der Waals surface area contributed by atoms with E-state index in [0.717, 1.165) is 51.9 Å². The van der Waals surface area contributed by atoms with Gasteiger partial charge in [0.05, 0.1) is 88.9 Å². The van der Waals surface area contributed by atoms with E-state index < -0.39 is 148 Å². The number of esters is 2. The minimum Gasteiger partial charge on any atom is -0.465 e. The lowest BCUT2D eigenvalue weighted by Gasteiger charge is -2.24. The molecule has 0 aromatic heterocycles. The summed E-state index contributed by atoms with van der Waals surface area (Å²) in [7, 11) is -1.74. The number of nitrogens with zero attached hydrogens (tertiary/aromatic N) is 1. The molecule has 588 valence electrons. The van der Waals surface area contributed by atoms with E-state index in [-0.39, 0.29) is 66.0 Å². The first-order chi connectivity index (χ1) is 51.5. The van der Waals surface area contributed by atoms with Crippen molar-refractivity contribution in [1.29, 1.82) is 0 Å². The van der Waals surface area contributed by atoms with E-state index >= 15 is 0 Å². The third-order valence-electron chi connectivity index (χ3n) is 17.6. The Kier molecular flexibility index (Phi) is 24.8. The number of carbonyl (C=O) groups is 4. The standard InChI is InChI=1S/C35H25ClF9NO4.C30H24ClF3O5S.C12H9F6NO2/c1-17-10-20(31(47)49-3)4-7-26(17)19-5-9-29(36)28(14-19)27-8-6-23(33(37,38)39)13-22(27)16-46-18(2)30(50-32(46)48)21-11-24(34(40,41)42)15-25(12-21)35(43,44)45;1-18-4-9-24(10-5-18)40(36,37)39-17-22-15-23(30(32,33)34)8-12-26(22)27-16-20(7-13-28(27)31)25-11-6-21(14-19(25)2)29(35)38-3;1-5-9(21-10(20)19-5)6-2-7(11(13,14)15)4-8(3-6)12(16,17)18/h4-15,18,30H,16H2,1-3H3;4-16H,17H2,1-3H3;2-5,9H,1H3,(H,19,20)/t18-,30-;;5-,9-/m0.0/s1. The maximum atomic E-state index is 13.9. The van der Waals surface area contributed by atoms with Crippen molar-refractivity contribution in [3.63, 3.8) is 0 Å². The molecular formula is C77H58Cl2F18N2O11S. The van der Waals surface area contributed by atoms with Gasteiger partial charge in [0.25, 0.3) is 10.1 Å². The maximum absolute atomic E-state index is 13.9. The van der Waals surface area contributed by atoms with Crippen molar-refractivity contribution in [3.8, 4) is 44.5 Å². The molecule has 0 aliphatic carbocycles. The molecule has 4 atom stereocenters. The molecule has 2 heterocycles. The van der Waals surface area contributed by atoms with Crippen LogP contribution in [0.5, 0.6) is 0 Å². The van der Waals surface area contributed by atoms with E-state index in [1.807, 2.05) is 6.92 Å². The molecule has 0 spiro atoms. The third kappa shape index (κ3) is 20.1. The van der Waals surface area contributed by atoms with Crippen LogP contribution < -0.4 is 5.32 Å². The molecule has 0 unspecified atom stereocenters. The lowest BCUT2D eigenvalue weighted by atomic mass is 9.92. The molecule has 11 rings (SSSR count). The number of carbonyl (C=O) groups excluding carboxylic acids is 4. The molecule has 2 aliphatic heterocycles. The van der Waals surface area contributed by atoms with E-state index in [2.05, 4.69) is 5.32 Å². The van der Waals surface area contributed by atoms with Crippen LogP contribution >= 0.6 is 23.2 Å². The normalized spacial score (nSPS) is 16.2. The Morgan fingerprint density at radius 2 is 0.838 bits per heavy atom. The quantitative estimate of drug-likeness (QED) is 0.0477. The largest absolute Gasteiger partial charge is 0.465 e. The van der Waals surface area contributed by atoms with Gasteiger partial charge >= 0.3 is 61.2 Å². The minimum absolute atomic E-state index is 0.0117. The highest BCUT2D eigenvalue weighted by Crippen LogP contribution is 2.46. The Bertz CT molecular complexity index is 5100. The topological polar surface area (TPSA) is 164 Å². The number of halogens is 20. The van der Waals surface area contributed by atoms with Gasteiger partial charge in [-0.3, -0.25) is 9.08 Å². The number of rotatable bonds is 14. The Hall–Kier alpha value is -10.3. The Balaban J connectivity index is 0.000000207. The van der Waals surface area contributed by atoms with E-state index in [1.165, 1.54) is 58.4 Å². The number of hydrogen-bond donors (Lipinski definition) is 1. The van der Waals surface area contributed by atoms with Crippen LogP contribution in [0.2, 0.25) is 10.0 Å². The van der Waals surface area contributed by atoms with Crippen molar-refractivity contribution in [2.75, 3.05) is 14.2 Å². The molecule has 1 N–H and O–H groups in total. The number of benzene rings is 9. The summed E-state index contributed by atoms with van der Waals surface area (Å²) in [4.78, 5) is 48.8. The van der Waals surface area contributed by atoms with Gasteiger partial charge in [-0.25, -0.2) is 19.2 Å². The van der Waals surface area contributed by atoms with Crippen LogP contribution in [0.4, 0.5) is 88.6 Å². The second-order valence-electron chi connectivity index (χ2n) is 25.3. The highest BCUT2D eigenvalue weighted by atomic mass is 35.5. The zero-order valence-corrected chi connectivity index (χ0v) is 60.6. The molecule has 0 radical (unpaired) electrons. The molecular weight excluding hydrogens is 1570 g/mol. The SMILES string of the molecule is COC(=O)c1ccc(-c2ccc(Cl)c(-c3ccc(C(F)(F)F)cc3CN3C(=O)O[C@H](c4cc(C(F)(F)F)cc(C(F)(F)F)c4)[C@@H]3C)c2)c(C)c1.COC(=O)c1ccc(-c2ccc(Cl)c(-c3ccc(C(F)(F)F)cc3COS(=O)(=O)c3ccc(C)cc3)c2)c(C)c1.C[C@@H]1NC(=O)O[C@@H]1c1cc(C(F)(F)F)cc(C(F)(F)F)c1. The average Bonchev–Trinajstić information content (AvgIpc) is 1.75. The van der Waals surface area contributed by atoms with Gasteiger partial charge in [0, 0.05) is 21.2 Å². The minimum atomic E-state index is -5.16. The van der Waals surface area contributed by atoms with E-state index in [0.29, 0.717) is 57.6 Å². The van der Waals surface area contributed by atoms with E-state index in [1.54, 1.807) is 86.6 Å². The molecule has 0 bridgehead atoms. The van der Waals surface area contributed by atoms with Gasteiger partial charge in [-0.1, -0.05) is 77.3 Å². The van der Waals surface area contributed by atoms with Gasteiger partial charge in [-0.2, -0.15) is 87.4 Å². The van der Waals surface area contributed by atoms with Crippen molar-refractivity contribution in [2.45, 2.75) is 114 Å². The molecule has 34 heteroatoms. The number of amides is 2. The van der Waals surface area contributed by atoms with Crippen LogP contribution in [0, 0.1) is 20.8 Å². The molecule has 2 aliphatic rings. The first kappa shape index (κ1) is 84.7. The summed E-state index contributed by atoms with van der Waals surface area (Å²) in [6.45, 7) is 6.83. The first-order valence-electron chi connectivity index (χ1n) is 32.3. The van der Waals surface area contributed by atoms with Gasteiger partial charge in [0.1, 0.15) is 12.2 Å². The molecule has 111 heavy (non-hydrogen) atoms. The number of hydrogen-bond acceptors (Lipinski definition) is 11.